The largest absolute Gasteiger partial charge is 0.481 e. The van der Waals surface area contributed by atoms with Crippen LogP contribution in [0.3, 0.4) is 0 Å². The molecular formula is C28H34N2O5. The summed E-state index contributed by atoms with van der Waals surface area (Å²) in [6, 6.07) is 15.3. The molecule has 4 rings (SSSR count). The van der Waals surface area contributed by atoms with Gasteiger partial charge in [0.05, 0.1) is 5.92 Å². The second-order valence-electron chi connectivity index (χ2n) is 10.8. The second kappa shape index (κ2) is 10.1. The normalized spacial score (nSPS) is 20.0. The third kappa shape index (κ3) is 5.84. The number of hydrogen-bond donors (Lipinski definition) is 3. The maximum absolute atomic E-state index is 13.0. The number of rotatable bonds is 7. The summed E-state index contributed by atoms with van der Waals surface area (Å²) >= 11 is 0. The molecule has 0 bridgehead atoms. The highest BCUT2D eigenvalue weighted by Crippen LogP contribution is 2.44. The van der Waals surface area contributed by atoms with Gasteiger partial charge in [0.2, 0.25) is 5.91 Å². The Balaban J connectivity index is 1.39. The van der Waals surface area contributed by atoms with Gasteiger partial charge in [0.1, 0.15) is 12.6 Å². The Morgan fingerprint density at radius 3 is 2.14 bits per heavy atom. The minimum Gasteiger partial charge on any atom is -0.481 e. The van der Waals surface area contributed by atoms with E-state index < -0.39 is 24.0 Å². The number of aliphatic carboxylic acids is 1. The minimum atomic E-state index is -0.829. The molecule has 2 aromatic rings. The first kappa shape index (κ1) is 24.8. The van der Waals surface area contributed by atoms with Crippen LogP contribution < -0.4 is 10.6 Å². The molecule has 3 N–H and O–H groups in total. The molecule has 186 valence electrons. The van der Waals surface area contributed by atoms with E-state index in [9.17, 15) is 19.5 Å². The number of carbonyl (C=O) groups excluding carboxylic acids is 2. The maximum atomic E-state index is 13.0. The number of ether oxygens (including phenoxy) is 1. The molecule has 0 heterocycles. The van der Waals surface area contributed by atoms with Crippen molar-refractivity contribution in [3.63, 3.8) is 0 Å². The van der Waals surface area contributed by atoms with Crippen LogP contribution in [0.5, 0.6) is 0 Å². The number of carbonyl (C=O) groups is 3. The first-order valence-corrected chi connectivity index (χ1v) is 12.3. The molecular weight excluding hydrogens is 444 g/mol. The van der Waals surface area contributed by atoms with Crippen molar-refractivity contribution < 1.29 is 24.2 Å². The lowest BCUT2D eigenvalue weighted by Crippen LogP contribution is -2.50. The fourth-order valence-corrected chi connectivity index (χ4v) is 5.24. The summed E-state index contributed by atoms with van der Waals surface area (Å²) in [6.07, 6.45) is 1.37. The molecule has 0 saturated heterocycles. The number of nitrogens with one attached hydrogen (secondary N) is 2. The van der Waals surface area contributed by atoms with E-state index in [4.69, 9.17) is 4.74 Å². The van der Waals surface area contributed by atoms with Crippen LogP contribution in [0.2, 0.25) is 0 Å². The zero-order valence-corrected chi connectivity index (χ0v) is 20.5. The maximum Gasteiger partial charge on any atom is 0.407 e. The van der Waals surface area contributed by atoms with Crippen LogP contribution in [-0.2, 0) is 14.3 Å². The zero-order chi connectivity index (χ0) is 25.2. The fourth-order valence-electron chi connectivity index (χ4n) is 5.24. The van der Waals surface area contributed by atoms with Gasteiger partial charge in [-0.15, -0.1) is 0 Å². The summed E-state index contributed by atoms with van der Waals surface area (Å²) in [5, 5.41) is 14.9. The van der Waals surface area contributed by atoms with Gasteiger partial charge in [-0.1, -0.05) is 69.3 Å². The van der Waals surface area contributed by atoms with Crippen molar-refractivity contribution in [3.05, 3.63) is 59.7 Å². The third-order valence-corrected chi connectivity index (χ3v) is 6.90. The number of fused-ring (bicyclic) bond motifs is 3. The average molecular weight is 479 g/mol. The highest BCUT2D eigenvalue weighted by molar-refractivity contribution is 5.86. The smallest absolute Gasteiger partial charge is 0.407 e. The van der Waals surface area contributed by atoms with E-state index in [0.717, 1.165) is 22.3 Å². The van der Waals surface area contributed by atoms with Gasteiger partial charge in [-0.2, -0.15) is 0 Å². The predicted molar refractivity (Wildman–Crippen MR) is 133 cm³/mol. The molecule has 1 saturated carbocycles. The second-order valence-corrected chi connectivity index (χ2v) is 10.8. The van der Waals surface area contributed by atoms with Crippen molar-refractivity contribution in [2.45, 2.75) is 64.5 Å². The van der Waals surface area contributed by atoms with Crippen LogP contribution in [0.25, 0.3) is 11.1 Å². The molecule has 1 fully saturated rings. The van der Waals surface area contributed by atoms with Crippen LogP contribution in [0.1, 0.15) is 63.5 Å². The summed E-state index contributed by atoms with van der Waals surface area (Å²) in [4.78, 5) is 37.1. The number of hydrogen-bond acceptors (Lipinski definition) is 4. The first-order valence-electron chi connectivity index (χ1n) is 12.3. The average Bonchev–Trinajstić information content (AvgIpc) is 3.39. The molecule has 2 amide bonds. The number of amides is 2. The van der Waals surface area contributed by atoms with Crippen molar-refractivity contribution in [1.29, 1.82) is 0 Å². The summed E-state index contributed by atoms with van der Waals surface area (Å²) < 4.78 is 5.65. The Bertz CT molecular complexity index is 1060. The molecule has 2 aliphatic rings. The molecule has 35 heavy (non-hydrogen) atoms. The van der Waals surface area contributed by atoms with Gasteiger partial charge in [0.15, 0.2) is 0 Å². The lowest BCUT2D eigenvalue weighted by molar-refractivity contribution is -0.141. The van der Waals surface area contributed by atoms with Crippen molar-refractivity contribution in [2.75, 3.05) is 6.61 Å². The lowest BCUT2D eigenvalue weighted by Gasteiger charge is -2.27. The molecule has 2 aliphatic carbocycles. The molecule has 2 aromatic carbocycles. The standard InChI is InChI=1S/C28H34N2O5/c1-28(2,3)15-24(25(31)29-18-13-12-17(14-18)26(32)33)30-27(34)35-16-23-21-10-6-4-8-19(21)20-9-5-7-11-22(20)23/h4-11,17-18,23-24H,12-16H2,1-3H3,(H,29,31)(H,30,34)(H,32,33)/t17-,18+,24?/m1/s1. The highest BCUT2D eigenvalue weighted by Gasteiger charge is 2.34. The number of benzene rings is 2. The lowest BCUT2D eigenvalue weighted by atomic mass is 9.87. The fraction of sp³-hybridized carbons (Fsp3) is 0.464. The predicted octanol–water partition coefficient (Wildman–Crippen LogP) is 4.70. The minimum absolute atomic E-state index is 0.0607. The molecule has 7 nitrogen and oxygen atoms in total. The number of carboxylic acid groups (broad SMARTS) is 1. The molecule has 3 atom stereocenters. The van der Waals surface area contributed by atoms with Crippen LogP contribution in [0.15, 0.2) is 48.5 Å². The Kier molecular flexibility index (Phi) is 7.15. The Hall–Kier alpha value is -3.35. The van der Waals surface area contributed by atoms with Crippen molar-refractivity contribution in [1.82, 2.24) is 10.6 Å². The first-order chi connectivity index (χ1) is 16.6. The molecule has 0 radical (unpaired) electrons. The number of carboxylic acids is 1. The van der Waals surface area contributed by atoms with Crippen LogP contribution >= 0.6 is 0 Å². The van der Waals surface area contributed by atoms with E-state index in [0.29, 0.717) is 25.7 Å². The van der Waals surface area contributed by atoms with E-state index >= 15 is 0 Å². The molecule has 0 aliphatic heterocycles. The van der Waals surface area contributed by atoms with E-state index in [1.807, 2.05) is 45.0 Å². The highest BCUT2D eigenvalue weighted by atomic mass is 16.5. The van der Waals surface area contributed by atoms with E-state index in [1.165, 1.54) is 0 Å². The van der Waals surface area contributed by atoms with Crippen molar-refractivity contribution in [3.8, 4) is 11.1 Å². The quantitative estimate of drug-likeness (QED) is 0.535. The summed E-state index contributed by atoms with van der Waals surface area (Å²) in [7, 11) is 0. The third-order valence-electron chi connectivity index (χ3n) is 6.90. The Labute approximate surface area is 206 Å². The van der Waals surface area contributed by atoms with Crippen molar-refractivity contribution >= 4 is 18.0 Å². The van der Waals surface area contributed by atoms with Gasteiger partial charge in [-0.3, -0.25) is 9.59 Å². The van der Waals surface area contributed by atoms with Crippen LogP contribution in [-0.4, -0.2) is 41.8 Å². The summed E-state index contributed by atoms with van der Waals surface area (Å²) in [5.74, 6) is -1.62. The Morgan fingerprint density at radius 2 is 1.60 bits per heavy atom. The van der Waals surface area contributed by atoms with E-state index in [-0.39, 0.29) is 29.9 Å². The number of alkyl carbamates (subject to hydrolysis) is 1. The Morgan fingerprint density at radius 1 is 1.00 bits per heavy atom. The van der Waals surface area contributed by atoms with Gasteiger partial charge >= 0.3 is 12.1 Å². The molecule has 0 spiro atoms. The van der Waals surface area contributed by atoms with Crippen LogP contribution in [0.4, 0.5) is 4.79 Å². The monoisotopic (exact) mass is 478 g/mol. The van der Waals surface area contributed by atoms with Gasteiger partial charge in [0.25, 0.3) is 0 Å². The molecule has 1 unspecified atom stereocenters. The van der Waals surface area contributed by atoms with Crippen LogP contribution in [0, 0.1) is 11.3 Å². The van der Waals surface area contributed by atoms with Gasteiger partial charge in [-0.25, -0.2) is 4.79 Å². The summed E-state index contributed by atoms with van der Waals surface area (Å²) in [6.45, 7) is 6.18. The topological polar surface area (TPSA) is 105 Å². The molecule has 0 aromatic heterocycles. The van der Waals surface area contributed by atoms with Gasteiger partial charge < -0.3 is 20.5 Å². The van der Waals surface area contributed by atoms with E-state index in [2.05, 4.69) is 34.9 Å². The van der Waals surface area contributed by atoms with Gasteiger partial charge in [0, 0.05) is 12.0 Å². The van der Waals surface area contributed by atoms with Crippen molar-refractivity contribution in [2.24, 2.45) is 11.3 Å². The summed E-state index contributed by atoms with van der Waals surface area (Å²) in [5.41, 5.74) is 4.34. The van der Waals surface area contributed by atoms with Gasteiger partial charge in [-0.05, 0) is 53.4 Å². The SMILES string of the molecule is CC(C)(C)CC(NC(=O)OCC1c2ccccc2-c2ccccc21)C(=O)N[C@H]1CC[C@@H](C(=O)O)C1. The molecule has 7 heteroatoms. The van der Waals surface area contributed by atoms with E-state index in [1.54, 1.807) is 0 Å². The zero-order valence-electron chi connectivity index (χ0n) is 20.5.